The monoisotopic (exact) mass is 384 g/mol. The Labute approximate surface area is 165 Å². The van der Waals surface area contributed by atoms with E-state index in [-0.39, 0.29) is 10.6 Å². The summed E-state index contributed by atoms with van der Waals surface area (Å²) in [6, 6.07) is 4.73. The van der Waals surface area contributed by atoms with E-state index in [1.807, 2.05) is 13.8 Å². The molecule has 1 unspecified atom stereocenters. The third kappa shape index (κ3) is 4.65. The first-order valence-electron chi connectivity index (χ1n) is 9.91. The van der Waals surface area contributed by atoms with Crippen molar-refractivity contribution in [2.45, 2.75) is 40.0 Å². The van der Waals surface area contributed by atoms with Gasteiger partial charge < -0.3 is 4.74 Å². The molecule has 1 aliphatic rings. The van der Waals surface area contributed by atoms with Gasteiger partial charge >= 0.3 is 0 Å². The highest BCUT2D eigenvalue weighted by Gasteiger charge is 2.22. The molecule has 0 N–H and O–H groups in total. The summed E-state index contributed by atoms with van der Waals surface area (Å²) in [6.07, 6.45) is 5.29. The standard InChI is InChI=1S/C21H28N4O3/c1-4-5-17-8-9-24(13-17)10-11-28-20-7-6-18(25(26)27)12-19(20)21-15(2)22-14-23-16(21)3/h6-7,12,14,17H,4-5,8-11,13H2,1-3H3. The maximum absolute atomic E-state index is 11.3. The van der Waals surface area contributed by atoms with Gasteiger partial charge in [0.05, 0.1) is 4.92 Å². The molecular weight excluding hydrogens is 356 g/mol. The maximum Gasteiger partial charge on any atom is 0.270 e. The van der Waals surface area contributed by atoms with E-state index in [9.17, 15) is 10.1 Å². The van der Waals surface area contributed by atoms with E-state index in [4.69, 9.17) is 4.74 Å². The number of likely N-dealkylation sites (tertiary alicyclic amines) is 1. The minimum atomic E-state index is -0.389. The van der Waals surface area contributed by atoms with Crippen LogP contribution in [-0.4, -0.2) is 46.0 Å². The summed E-state index contributed by atoms with van der Waals surface area (Å²) in [5, 5.41) is 11.3. The topological polar surface area (TPSA) is 81.4 Å². The van der Waals surface area contributed by atoms with Crippen LogP contribution in [0.5, 0.6) is 5.75 Å². The van der Waals surface area contributed by atoms with Crippen LogP contribution in [0.15, 0.2) is 24.5 Å². The SMILES string of the molecule is CCCC1CCN(CCOc2ccc([N+](=O)[O-])cc2-c2c(C)ncnc2C)C1. The molecule has 1 atom stereocenters. The molecule has 3 rings (SSSR count). The number of non-ortho nitro benzene ring substituents is 1. The van der Waals surface area contributed by atoms with Crippen LogP contribution in [0.25, 0.3) is 11.1 Å². The Hall–Kier alpha value is -2.54. The summed E-state index contributed by atoms with van der Waals surface area (Å²) in [5.74, 6) is 1.43. The molecule has 28 heavy (non-hydrogen) atoms. The Morgan fingerprint density at radius 2 is 2.04 bits per heavy atom. The molecule has 1 aliphatic heterocycles. The second-order valence-corrected chi connectivity index (χ2v) is 7.45. The van der Waals surface area contributed by atoms with Crippen molar-refractivity contribution in [3.05, 3.63) is 46.0 Å². The lowest BCUT2D eigenvalue weighted by Gasteiger charge is -2.18. The number of aryl methyl sites for hydroxylation is 2. The van der Waals surface area contributed by atoms with Gasteiger partial charge in [-0.25, -0.2) is 9.97 Å². The van der Waals surface area contributed by atoms with E-state index in [1.165, 1.54) is 31.7 Å². The van der Waals surface area contributed by atoms with Crippen molar-refractivity contribution in [2.24, 2.45) is 5.92 Å². The summed E-state index contributed by atoms with van der Waals surface area (Å²) < 4.78 is 6.07. The molecule has 0 saturated carbocycles. The molecule has 1 fully saturated rings. The van der Waals surface area contributed by atoms with E-state index >= 15 is 0 Å². The van der Waals surface area contributed by atoms with Crippen molar-refractivity contribution >= 4 is 5.69 Å². The normalized spacial score (nSPS) is 17.0. The van der Waals surface area contributed by atoms with E-state index in [1.54, 1.807) is 12.1 Å². The number of benzene rings is 1. The predicted octanol–water partition coefficient (Wildman–Crippen LogP) is 4.17. The third-order valence-corrected chi connectivity index (χ3v) is 5.40. The van der Waals surface area contributed by atoms with E-state index in [2.05, 4.69) is 21.8 Å². The van der Waals surface area contributed by atoms with Gasteiger partial charge in [-0.3, -0.25) is 15.0 Å². The molecule has 7 nitrogen and oxygen atoms in total. The Morgan fingerprint density at radius 3 is 2.71 bits per heavy atom. The first-order chi connectivity index (χ1) is 13.5. The van der Waals surface area contributed by atoms with Crippen molar-refractivity contribution in [3.63, 3.8) is 0 Å². The Balaban J connectivity index is 1.77. The quantitative estimate of drug-likeness (QED) is 0.502. The van der Waals surface area contributed by atoms with Crippen molar-refractivity contribution in [1.29, 1.82) is 0 Å². The van der Waals surface area contributed by atoms with Crippen LogP contribution >= 0.6 is 0 Å². The van der Waals surface area contributed by atoms with Crippen LogP contribution in [0.4, 0.5) is 5.69 Å². The average molecular weight is 384 g/mol. The molecule has 1 aromatic carbocycles. The van der Waals surface area contributed by atoms with Gasteiger partial charge in [-0.15, -0.1) is 0 Å². The average Bonchev–Trinajstić information content (AvgIpc) is 3.10. The summed E-state index contributed by atoms with van der Waals surface area (Å²) >= 11 is 0. The number of aromatic nitrogens is 2. The van der Waals surface area contributed by atoms with Crippen LogP contribution in [0.3, 0.4) is 0 Å². The summed E-state index contributed by atoms with van der Waals surface area (Å²) in [7, 11) is 0. The van der Waals surface area contributed by atoms with Crippen LogP contribution in [0.2, 0.25) is 0 Å². The van der Waals surface area contributed by atoms with Gasteiger partial charge in [0.2, 0.25) is 0 Å². The molecule has 7 heteroatoms. The maximum atomic E-state index is 11.3. The first-order valence-corrected chi connectivity index (χ1v) is 9.91. The lowest BCUT2D eigenvalue weighted by Crippen LogP contribution is -2.26. The molecule has 0 radical (unpaired) electrons. The van der Waals surface area contributed by atoms with Gasteiger partial charge in [0.15, 0.2) is 0 Å². The highest BCUT2D eigenvalue weighted by molar-refractivity contribution is 5.76. The first kappa shape index (κ1) is 20.2. The molecule has 0 aliphatic carbocycles. The number of hydrogen-bond donors (Lipinski definition) is 0. The van der Waals surface area contributed by atoms with Crippen LogP contribution < -0.4 is 4.74 Å². The van der Waals surface area contributed by atoms with Crippen LogP contribution in [0.1, 0.15) is 37.6 Å². The molecule has 2 aromatic rings. The zero-order chi connectivity index (χ0) is 20.1. The predicted molar refractivity (Wildman–Crippen MR) is 109 cm³/mol. The Bertz CT molecular complexity index is 820. The zero-order valence-electron chi connectivity index (χ0n) is 16.9. The van der Waals surface area contributed by atoms with Gasteiger partial charge in [-0.2, -0.15) is 0 Å². The van der Waals surface area contributed by atoms with Gasteiger partial charge in [-0.05, 0) is 45.2 Å². The van der Waals surface area contributed by atoms with Gasteiger partial charge in [0.25, 0.3) is 5.69 Å². The van der Waals surface area contributed by atoms with Gasteiger partial charge in [0, 0.05) is 47.7 Å². The highest BCUT2D eigenvalue weighted by atomic mass is 16.6. The third-order valence-electron chi connectivity index (χ3n) is 5.40. The fourth-order valence-corrected chi connectivity index (χ4v) is 3.98. The number of rotatable bonds is 8. The minimum Gasteiger partial charge on any atom is -0.492 e. The lowest BCUT2D eigenvalue weighted by molar-refractivity contribution is -0.384. The Morgan fingerprint density at radius 1 is 1.29 bits per heavy atom. The molecule has 0 amide bonds. The molecule has 1 saturated heterocycles. The minimum absolute atomic E-state index is 0.0342. The van der Waals surface area contributed by atoms with Gasteiger partial charge in [0.1, 0.15) is 18.7 Å². The number of nitro groups is 1. The molecule has 0 spiro atoms. The smallest absolute Gasteiger partial charge is 0.270 e. The van der Waals surface area contributed by atoms with E-state index in [0.29, 0.717) is 17.9 Å². The number of ether oxygens (including phenoxy) is 1. The van der Waals surface area contributed by atoms with Crippen molar-refractivity contribution in [2.75, 3.05) is 26.2 Å². The summed E-state index contributed by atoms with van der Waals surface area (Å²) in [5.41, 5.74) is 3.06. The van der Waals surface area contributed by atoms with Gasteiger partial charge in [-0.1, -0.05) is 13.3 Å². The molecule has 1 aromatic heterocycles. The number of hydrogen-bond acceptors (Lipinski definition) is 6. The Kier molecular flexibility index (Phi) is 6.57. The number of nitrogens with zero attached hydrogens (tertiary/aromatic N) is 4. The van der Waals surface area contributed by atoms with Crippen LogP contribution in [-0.2, 0) is 0 Å². The second kappa shape index (κ2) is 9.10. The molecular formula is C21H28N4O3. The van der Waals surface area contributed by atoms with Crippen molar-refractivity contribution < 1.29 is 9.66 Å². The fourth-order valence-electron chi connectivity index (χ4n) is 3.98. The second-order valence-electron chi connectivity index (χ2n) is 7.45. The molecule has 0 bridgehead atoms. The zero-order valence-corrected chi connectivity index (χ0v) is 16.9. The fraction of sp³-hybridized carbons (Fsp3) is 0.524. The largest absolute Gasteiger partial charge is 0.492 e. The summed E-state index contributed by atoms with van der Waals surface area (Å²) in [4.78, 5) is 21.8. The summed E-state index contributed by atoms with van der Waals surface area (Å²) in [6.45, 7) is 9.66. The highest BCUT2D eigenvalue weighted by Crippen LogP contribution is 2.36. The van der Waals surface area contributed by atoms with Crippen molar-refractivity contribution in [1.82, 2.24) is 14.9 Å². The molecule has 2 heterocycles. The van der Waals surface area contributed by atoms with E-state index in [0.717, 1.165) is 42.5 Å². The van der Waals surface area contributed by atoms with Crippen LogP contribution in [0, 0.1) is 29.9 Å². The lowest BCUT2D eigenvalue weighted by atomic mass is 10.0. The number of nitro benzene ring substituents is 1. The molecule has 150 valence electrons. The van der Waals surface area contributed by atoms with E-state index < -0.39 is 0 Å². The van der Waals surface area contributed by atoms with Crippen molar-refractivity contribution in [3.8, 4) is 16.9 Å².